The molecule has 0 bridgehead atoms. The molecule has 29 heavy (non-hydrogen) atoms. The Balaban J connectivity index is 0.00000210. The quantitative estimate of drug-likeness (QED) is 0.345. The highest BCUT2D eigenvalue weighted by Crippen LogP contribution is 2.26. The third-order valence-electron chi connectivity index (χ3n) is 4.28. The second-order valence-electron chi connectivity index (χ2n) is 6.02. The molecule has 0 spiro atoms. The number of hydrogen-bond donors (Lipinski definition) is 2. The van der Waals surface area contributed by atoms with Crippen LogP contribution < -0.4 is 0 Å². The van der Waals surface area contributed by atoms with Crippen LogP contribution in [0.5, 0.6) is 0 Å². The number of methoxy groups -OCH3 is 1. The number of benzene rings is 1. The van der Waals surface area contributed by atoms with Crippen LogP contribution >= 0.6 is 24.8 Å². The molecule has 1 aliphatic rings. The molecule has 0 unspecified atom stereocenters. The number of nitrogens with zero attached hydrogens (tertiary/aromatic N) is 1. The van der Waals surface area contributed by atoms with Gasteiger partial charge in [0.1, 0.15) is 5.76 Å². The van der Waals surface area contributed by atoms with Crippen LogP contribution in [0.25, 0.3) is 16.5 Å². The molecule has 1 aromatic carbocycles. The van der Waals surface area contributed by atoms with Crippen molar-refractivity contribution < 1.29 is 9.47 Å². The molecule has 7 heteroatoms. The first-order valence-corrected chi connectivity index (χ1v) is 8.82. The Morgan fingerprint density at radius 2 is 2.14 bits per heavy atom. The zero-order valence-corrected chi connectivity index (χ0v) is 18.0. The van der Waals surface area contributed by atoms with Crippen LogP contribution in [-0.2, 0) is 9.47 Å². The first-order chi connectivity index (χ1) is 13.2. The van der Waals surface area contributed by atoms with Crippen molar-refractivity contribution >= 4 is 47.2 Å². The minimum Gasteiger partial charge on any atom is -0.497 e. The van der Waals surface area contributed by atoms with Crippen molar-refractivity contribution in [3.05, 3.63) is 83.8 Å². The van der Waals surface area contributed by atoms with E-state index in [1.807, 2.05) is 49.4 Å². The average molecular weight is 434 g/mol. The van der Waals surface area contributed by atoms with Crippen molar-refractivity contribution in [1.82, 2.24) is 10.2 Å². The molecular formula is C22H25Cl2N3O2. The van der Waals surface area contributed by atoms with Gasteiger partial charge in [0.25, 0.3) is 0 Å². The third-order valence-corrected chi connectivity index (χ3v) is 4.28. The predicted molar refractivity (Wildman–Crippen MR) is 124 cm³/mol. The third kappa shape index (κ3) is 5.62. The van der Waals surface area contributed by atoms with Crippen LogP contribution in [0.4, 0.5) is 0 Å². The van der Waals surface area contributed by atoms with Crippen LogP contribution in [-0.4, -0.2) is 29.8 Å². The Morgan fingerprint density at radius 1 is 1.34 bits per heavy atom. The summed E-state index contributed by atoms with van der Waals surface area (Å²) in [5, 5.41) is 16.4. The van der Waals surface area contributed by atoms with Crippen LogP contribution in [0.15, 0.2) is 72.6 Å². The standard InChI is InChI=1S/C22H23N3O2.2ClH/c1-4-16(10-9-15-7-6-8-18(13-15)26-3)21-19-14-17(22(23)27-5-2)11-12-20(19)24-25-21;;/h4,6,8-14,23H,1,5,7H2,2-3H3,(H,24,25);2*1H/b15-9+,16-10-,23-22?;;. The summed E-state index contributed by atoms with van der Waals surface area (Å²) in [4.78, 5) is 0. The Morgan fingerprint density at radius 3 is 2.83 bits per heavy atom. The van der Waals surface area contributed by atoms with E-state index in [9.17, 15) is 0 Å². The molecular weight excluding hydrogens is 409 g/mol. The fourth-order valence-electron chi connectivity index (χ4n) is 2.89. The second kappa shape index (κ2) is 11.3. The van der Waals surface area contributed by atoms with Gasteiger partial charge in [-0.15, -0.1) is 24.8 Å². The number of fused-ring (bicyclic) bond motifs is 1. The van der Waals surface area contributed by atoms with Crippen LogP contribution in [0.1, 0.15) is 24.6 Å². The lowest BCUT2D eigenvalue weighted by atomic mass is 10.0. The molecule has 2 N–H and O–H groups in total. The van der Waals surface area contributed by atoms with Gasteiger partial charge in [0, 0.05) is 16.5 Å². The van der Waals surface area contributed by atoms with Crippen molar-refractivity contribution in [3.8, 4) is 0 Å². The highest BCUT2D eigenvalue weighted by atomic mass is 35.5. The van der Waals surface area contributed by atoms with E-state index in [0.717, 1.165) is 45.5 Å². The van der Waals surface area contributed by atoms with Gasteiger partial charge in [0.15, 0.2) is 0 Å². The van der Waals surface area contributed by atoms with Crippen molar-refractivity contribution in [3.63, 3.8) is 0 Å². The highest BCUT2D eigenvalue weighted by Gasteiger charge is 2.11. The summed E-state index contributed by atoms with van der Waals surface area (Å²) in [6.07, 6.45) is 12.7. The molecule has 154 valence electrons. The number of aromatic amines is 1. The zero-order valence-electron chi connectivity index (χ0n) is 16.4. The maximum atomic E-state index is 8.01. The number of rotatable bonds is 6. The minimum absolute atomic E-state index is 0. The molecule has 0 radical (unpaired) electrons. The van der Waals surface area contributed by atoms with Gasteiger partial charge in [-0.1, -0.05) is 30.9 Å². The molecule has 5 nitrogen and oxygen atoms in total. The molecule has 0 atom stereocenters. The molecule has 0 fully saturated rings. The summed E-state index contributed by atoms with van der Waals surface area (Å²) < 4.78 is 10.6. The Labute approximate surface area is 183 Å². The van der Waals surface area contributed by atoms with E-state index in [0.29, 0.717) is 6.61 Å². The van der Waals surface area contributed by atoms with Gasteiger partial charge in [-0.2, -0.15) is 5.10 Å². The van der Waals surface area contributed by atoms with E-state index in [-0.39, 0.29) is 30.7 Å². The second-order valence-corrected chi connectivity index (χ2v) is 6.02. The molecule has 1 heterocycles. The molecule has 0 saturated heterocycles. The maximum absolute atomic E-state index is 8.01. The number of hydrogen-bond acceptors (Lipinski definition) is 4. The van der Waals surface area contributed by atoms with Gasteiger partial charge in [0.2, 0.25) is 5.90 Å². The van der Waals surface area contributed by atoms with Crippen molar-refractivity contribution in [1.29, 1.82) is 5.41 Å². The van der Waals surface area contributed by atoms with E-state index in [4.69, 9.17) is 14.9 Å². The lowest BCUT2D eigenvalue weighted by Crippen LogP contribution is -2.04. The van der Waals surface area contributed by atoms with Crippen molar-refractivity contribution in [2.24, 2.45) is 0 Å². The number of ether oxygens (including phenoxy) is 2. The van der Waals surface area contributed by atoms with Gasteiger partial charge in [0.05, 0.1) is 24.9 Å². The van der Waals surface area contributed by atoms with Crippen LogP contribution in [0.2, 0.25) is 0 Å². The Kier molecular flexibility index (Phi) is 9.45. The Bertz CT molecular complexity index is 1000. The number of aromatic nitrogens is 2. The summed E-state index contributed by atoms with van der Waals surface area (Å²) in [7, 11) is 1.66. The summed E-state index contributed by atoms with van der Waals surface area (Å²) in [5.74, 6) is 0.995. The van der Waals surface area contributed by atoms with E-state index < -0.39 is 0 Å². The summed E-state index contributed by atoms with van der Waals surface area (Å²) in [6, 6.07) is 5.68. The molecule has 0 amide bonds. The predicted octanol–water partition coefficient (Wildman–Crippen LogP) is 5.75. The summed E-state index contributed by atoms with van der Waals surface area (Å²) >= 11 is 0. The minimum atomic E-state index is 0. The molecule has 0 saturated carbocycles. The van der Waals surface area contributed by atoms with Gasteiger partial charge >= 0.3 is 0 Å². The molecule has 1 aliphatic carbocycles. The normalized spacial score (nSPS) is 14.6. The fourth-order valence-corrected chi connectivity index (χ4v) is 2.89. The van der Waals surface area contributed by atoms with E-state index in [2.05, 4.69) is 22.9 Å². The number of halogens is 2. The molecule has 1 aromatic heterocycles. The topological polar surface area (TPSA) is 71.0 Å². The van der Waals surface area contributed by atoms with E-state index in [1.54, 1.807) is 13.2 Å². The van der Waals surface area contributed by atoms with Gasteiger partial charge in [-0.3, -0.25) is 10.5 Å². The number of nitrogens with one attached hydrogen (secondary N) is 2. The van der Waals surface area contributed by atoms with Crippen molar-refractivity contribution in [2.45, 2.75) is 13.3 Å². The van der Waals surface area contributed by atoms with Crippen molar-refractivity contribution in [2.75, 3.05) is 13.7 Å². The largest absolute Gasteiger partial charge is 0.497 e. The maximum Gasteiger partial charge on any atom is 0.213 e. The number of allylic oxidation sites excluding steroid dienone is 8. The van der Waals surface area contributed by atoms with E-state index >= 15 is 0 Å². The Hall–Kier alpha value is -2.76. The van der Waals surface area contributed by atoms with Gasteiger partial charge in [-0.05, 0) is 49.3 Å². The highest BCUT2D eigenvalue weighted by molar-refractivity contribution is 5.99. The fraction of sp³-hybridized carbons (Fsp3) is 0.182. The molecule has 2 aromatic rings. The molecule has 0 aliphatic heterocycles. The average Bonchev–Trinajstić information content (AvgIpc) is 3.12. The van der Waals surface area contributed by atoms with Crippen LogP contribution in [0.3, 0.4) is 0 Å². The van der Waals surface area contributed by atoms with Crippen LogP contribution in [0, 0.1) is 5.41 Å². The number of H-pyrrole nitrogens is 1. The van der Waals surface area contributed by atoms with Gasteiger partial charge in [-0.25, -0.2) is 0 Å². The summed E-state index contributed by atoms with van der Waals surface area (Å²) in [5.41, 5.74) is 4.47. The first kappa shape index (κ1) is 24.3. The zero-order chi connectivity index (χ0) is 19.2. The lowest BCUT2D eigenvalue weighted by molar-refractivity contribution is 0.305. The monoisotopic (exact) mass is 433 g/mol. The molecule has 3 rings (SSSR count). The smallest absolute Gasteiger partial charge is 0.213 e. The summed E-state index contributed by atoms with van der Waals surface area (Å²) in [6.45, 7) is 6.26. The SMILES string of the molecule is C=C/C(=C/C=C1/C=C(OC)C=CC1)c1n[nH]c2ccc(C(=N)OCC)cc12.Cl.Cl. The van der Waals surface area contributed by atoms with Gasteiger partial charge < -0.3 is 9.47 Å². The lowest BCUT2D eigenvalue weighted by Gasteiger charge is -2.08. The first-order valence-electron chi connectivity index (χ1n) is 8.82. The van der Waals surface area contributed by atoms with E-state index in [1.165, 1.54) is 0 Å².